The zero-order valence-corrected chi connectivity index (χ0v) is 15.8. The first-order valence-electron chi connectivity index (χ1n) is 8.84. The molecule has 1 aliphatic carbocycles. The molecule has 0 bridgehead atoms. The lowest BCUT2D eigenvalue weighted by atomic mass is 9.86. The normalized spacial score (nSPS) is 12.8. The second kappa shape index (κ2) is 7.66. The van der Waals surface area contributed by atoms with Crippen molar-refractivity contribution in [2.75, 3.05) is 7.11 Å². The third-order valence-electron chi connectivity index (χ3n) is 4.68. The van der Waals surface area contributed by atoms with Crippen LogP contribution in [0.4, 0.5) is 4.79 Å². The SMILES string of the molecule is C=C(C)C(=O)Oc1c2c(c(OC(=O)OC)c3ccccc13)CC=C(CC)C2. The Balaban J connectivity index is 2.28. The molecule has 0 amide bonds. The summed E-state index contributed by atoms with van der Waals surface area (Å²) in [5, 5.41) is 1.40. The van der Waals surface area contributed by atoms with E-state index in [-0.39, 0.29) is 0 Å². The van der Waals surface area contributed by atoms with Gasteiger partial charge in [-0.25, -0.2) is 9.59 Å². The number of esters is 1. The van der Waals surface area contributed by atoms with Crippen molar-refractivity contribution < 1.29 is 23.8 Å². The van der Waals surface area contributed by atoms with Crippen molar-refractivity contribution in [3.8, 4) is 11.5 Å². The highest BCUT2D eigenvalue weighted by molar-refractivity contribution is 6.00. The van der Waals surface area contributed by atoms with E-state index in [1.165, 1.54) is 12.7 Å². The van der Waals surface area contributed by atoms with Crippen molar-refractivity contribution in [1.82, 2.24) is 0 Å². The molecule has 27 heavy (non-hydrogen) atoms. The predicted octanol–water partition coefficient (Wildman–Crippen LogP) is 4.90. The van der Waals surface area contributed by atoms with Crippen LogP contribution in [0.15, 0.2) is 48.1 Å². The molecule has 0 saturated carbocycles. The van der Waals surface area contributed by atoms with E-state index in [9.17, 15) is 9.59 Å². The van der Waals surface area contributed by atoms with Gasteiger partial charge in [0.2, 0.25) is 0 Å². The monoisotopic (exact) mass is 366 g/mol. The number of allylic oxidation sites excluding steroid dienone is 2. The summed E-state index contributed by atoms with van der Waals surface area (Å²) in [5.41, 5.74) is 3.27. The molecule has 0 saturated heterocycles. The first-order chi connectivity index (χ1) is 13.0. The van der Waals surface area contributed by atoms with Crippen molar-refractivity contribution in [2.24, 2.45) is 0 Å². The summed E-state index contributed by atoms with van der Waals surface area (Å²) < 4.78 is 15.9. The molecular formula is C22H22O5. The van der Waals surface area contributed by atoms with E-state index in [0.717, 1.165) is 17.5 Å². The molecule has 3 rings (SSSR count). The Kier molecular flexibility index (Phi) is 5.31. The molecule has 0 aromatic heterocycles. The van der Waals surface area contributed by atoms with Crippen LogP contribution in [0.3, 0.4) is 0 Å². The predicted molar refractivity (Wildman–Crippen MR) is 103 cm³/mol. The molecule has 140 valence electrons. The molecule has 0 heterocycles. The first kappa shape index (κ1) is 18.7. The number of ether oxygens (including phenoxy) is 3. The van der Waals surface area contributed by atoms with Crippen LogP contribution in [0.2, 0.25) is 0 Å². The lowest BCUT2D eigenvalue weighted by molar-refractivity contribution is -0.130. The Labute approximate surface area is 158 Å². The first-order valence-corrected chi connectivity index (χ1v) is 8.84. The molecule has 0 radical (unpaired) electrons. The lowest BCUT2D eigenvalue weighted by Gasteiger charge is -2.24. The average molecular weight is 366 g/mol. The number of fused-ring (bicyclic) bond motifs is 2. The molecule has 5 heteroatoms. The fourth-order valence-electron chi connectivity index (χ4n) is 3.23. The van der Waals surface area contributed by atoms with E-state index < -0.39 is 12.1 Å². The van der Waals surface area contributed by atoms with E-state index >= 15 is 0 Å². The van der Waals surface area contributed by atoms with Gasteiger partial charge in [0.25, 0.3) is 0 Å². The second-order valence-electron chi connectivity index (χ2n) is 6.48. The Bertz CT molecular complexity index is 968. The third kappa shape index (κ3) is 3.58. The number of carbonyl (C=O) groups excluding carboxylic acids is 2. The van der Waals surface area contributed by atoms with Gasteiger partial charge in [-0.05, 0) is 26.2 Å². The molecule has 2 aromatic carbocycles. The minimum atomic E-state index is -0.778. The van der Waals surface area contributed by atoms with E-state index in [1.54, 1.807) is 6.92 Å². The van der Waals surface area contributed by atoms with Crippen molar-refractivity contribution >= 4 is 22.9 Å². The fraction of sp³-hybridized carbons (Fsp3) is 0.273. The van der Waals surface area contributed by atoms with Gasteiger partial charge in [0.15, 0.2) is 0 Å². The van der Waals surface area contributed by atoms with Crippen molar-refractivity contribution in [1.29, 1.82) is 0 Å². The number of carbonyl (C=O) groups is 2. The molecule has 0 aliphatic heterocycles. The summed E-state index contributed by atoms with van der Waals surface area (Å²) in [7, 11) is 1.27. The molecule has 0 unspecified atom stereocenters. The zero-order valence-electron chi connectivity index (χ0n) is 15.8. The number of methoxy groups -OCH3 is 1. The quantitative estimate of drug-likeness (QED) is 0.253. The summed E-state index contributed by atoms with van der Waals surface area (Å²) in [6, 6.07) is 7.39. The summed E-state index contributed by atoms with van der Waals surface area (Å²) in [6.45, 7) is 7.37. The van der Waals surface area contributed by atoms with Crippen LogP contribution >= 0.6 is 0 Å². The highest BCUT2D eigenvalue weighted by Crippen LogP contribution is 2.44. The van der Waals surface area contributed by atoms with Crippen LogP contribution in [-0.4, -0.2) is 19.2 Å². The highest BCUT2D eigenvalue weighted by atomic mass is 16.7. The maximum atomic E-state index is 12.3. The van der Waals surface area contributed by atoms with Gasteiger partial charge in [-0.1, -0.05) is 49.4 Å². The average Bonchev–Trinajstić information content (AvgIpc) is 2.69. The minimum absolute atomic E-state index is 0.324. The van der Waals surface area contributed by atoms with Gasteiger partial charge in [-0.3, -0.25) is 0 Å². The van der Waals surface area contributed by atoms with Crippen LogP contribution in [0, 0.1) is 0 Å². The summed E-state index contributed by atoms with van der Waals surface area (Å²) in [4.78, 5) is 24.1. The van der Waals surface area contributed by atoms with Crippen LogP contribution in [-0.2, 0) is 22.4 Å². The molecule has 0 atom stereocenters. The number of hydrogen-bond acceptors (Lipinski definition) is 5. The molecular weight excluding hydrogens is 344 g/mol. The fourth-order valence-corrected chi connectivity index (χ4v) is 3.23. The Morgan fingerprint density at radius 2 is 1.70 bits per heavy atom. The zero-order chi connectivity index (χ0) is 19.6. The smallest absolute Gasteiger partial charge is 0.437 e. The van der Waals surface area contributed by atoms with Gasteiger partial charge < -0.3 is 14.2 Å². The Hall–Kier alpha value is -3.08. The molecule has 5 nitrogen and oxygen atoms in total. The van der Waals surface area contributed by atoms with E-state index in [0.29, 0.717) is 40.7 Å². The summed E-state index contributed by atoms with van der Waals surface area (Å²) in [6.07, 6.45) is 3.47. The van der Waals surface area contributed by atoms with E-state index in [4.69, 9.17) is 9.47 Å². The van der Waals surface area contributed by atoms with Gasteiger partial charge in [0, 0.05) is 27.5 Å². The topological polar surface area (TPSA) is 61.8 Å². The third-order valence-corrected chi connectivity index (χ3v) is 4.68. The van der Waals surface area contributed by atoms with Crippen LogP contribution in [0.1, 0.15) is 31.4 Å². The van der Waals surface area contributed by atoms with Gasteiger partial charge in [0.1, 0.15) is 11.5 Å². The minimum Gasteiger partial charge on any atom is -0.437 e. The van der Waals surface area contributed by atoms with E-state index in [2.05, 4.69) is 24.3 Å². The van der Waals surface area contributed by atoms with Crippen LogP contribution in [0.25, 0.3) is 10.8 Å². The van der Waals surface area contributed by atoms with Gasteiger partial charge in [-0.2, -0.15) is 0 Å². The molecule has 2 aromatic rings. The van der Waals surface area contributed by atoms with Crippen LogP contribution in [0.5, 0.6) is 11.5 Å². The maximum Gasteiger partial charge on any atom is 0.513 e. The Morgan fingerprint density at radius 1 is 1.07 bits per heavy atom. The Morgan fingerprint density at radius 3 is 2.26 bits per heavy atom. The van der Waals surface area contributed by atoms with E-state index in [1.807, 2.05) is 24.3 Å². The molecule has 1 aliphatic rings. The van der Waals surface area contributed by atoms with Gasteiger partial charge in [0.05, 0.1) is 7.11 Å². The second-order valence-corrected chi connectivity index (χ2v) is 6.48. The lowest BCUT2D eigenvalue weighted by Crippen LogP contribution is -2.16. The maximum absolute atomic E-state index is 12.3. The van der Waals surface area contributed by atoms with Gasteiger partial charge >= 0.3 is 12.1 Å². The number of rotatable bonds is 4. The van der Waals surface area contributed by atoms with Crippen molar-refractivity contribution in [2.45, 2.75) is 33.1 Å². The summed E-state index contributed by atoms with van der Waals surface area (Å²) in [5.74, 6) is 0.482. The summed E-state index contributed by atoms with van der Waals surface area (Å²) >= 11 is 0. The number of benzene rings is 2. The van der Waals surface area contributed by atoms with Crippen molar-refractivity contribution in [3.63, 3.8) is 0 Å². The molecule has 0 spiro atoms. The molecule has 0 fully saturated rings. The standard InChI is InChI=1S/C22H22O5/c1-5-14-10-11-17-18(12-14)20(26-21(23)13(2)3)16-9-7-6-8-15(16)19(17)27-22(24)25-4/h6-10H,2,5,11-12H2,1,3-4H3. The van der Waals surface area contributed by atoms with Crippen LogP contribution < -0.4 is 9.47 Å². The molecule has 0 N–H and O–H groups in total. The van der Waals surface area contributed by atoms with Gasteiger partial charge in [-0.15, -0.1) is 0 Å². The number of hydrogen-bond donors (Lipinski definition) is 0. The van der Waals surface area contributed by atoms with Crippen molar-refractivity contribution in [3.05, 3.63) is 59.2 Å². The highest BCUT2D eigenvalue weighted by Gasteiger charge is 2.26. The largest absolute Gasteiger partial charge is 0.513 e.